The molecule has 6 aliphatic rings. The summed E-state index contributed by atoms with van der Waals surface area (Å²) >= 11 is 0. The van der Waals surface area contributed by atoms with E-state index in [0.29, 0.717) is 58.1 Å². The zero-order valence-electron chi connectivity index (χ0n) is 18.9. The molecule has 0 saturated carbocycles. The lowest BCUT2D eigenvalue weighted by Gasteiger charge is -2.37. The second kappa shape index (κ2) is 8.28. The van der Waals surface area contributed by atoms with Gasteiger partial charge in [0.1, 0.15) is 24.4 Å². The highest BCUT2D eigenvalue weighted by atomic mass is 16.6. The quantitative estimate of drug-likeness (QED) is 0.410. The second-order valence-electron chi connectivity index (χ2n) is 10.2. The molecule has 0 amide bonds. The Hall–Kier alpha value is -1.56. The van der Waals surface area contributed by atoms with Crippen molar-refractivity contribution in [2.75, 3.05) is 59.2 Å². The maximum atomic E-state index is 13.1. The molecule has 0 aromatic rings. The Morgan fingerprint density at radius 3 is 2.48 bits per heavy atom. The third-order valence-corrected chi connectivity index (χ3v) is 8.16. The van der Waals surface area contributed by atoms with E-state index in [1.807, 2.05) is 13.0 Å². The number of carbonyl (C=O) groups excluding carboxylic acids is 2. The van der Waals surface area contributed by atoms with Gasteiger partial charge in [0.2, 0.25) is 0 Å². The van der Waals surface area contributed by atoms with Gasteiger partial charge in [-0.25, -0.2) is 4.79 Å². The lowest BCUT2D eigenvalue weighted by molar-refractivity contribution is -0.145. The van der Waals surface area contributed by atoms with Crippen molar-refractivity contribution in [2.24, 2.45) is 11.8 Å². The van der Waals surface area contributed by atoms with Crippen molar-refractivity contribution in [3.05, 3.63) is 11.6 Å². The number of rotatable bonds is 3. The first-order valence-corrected chi connectivity index (χ1v) is 12.1. The standard InChI is InChI=1S/C23H32N2O8/c1-23-11-16-17(14(22(28)32-16)12-24-2-6-29-7-3-24)15-10-13(21(27)31-15)18(19(26)20(23)33-23)25-4-8-30-9-5-25/h10,14-20,26H,2-9,11-12H2,1H3/t14?,15-,16+,17+,18+,19-,20+,23+/m1/s1. The zero-order chi connectivity index (χ0) is 22.7. The van der Waals surface area contributed by atoms with E-state index in [0.717, 1.165) is 13.1 Å². The number of aliphatic hydroxyl groups is 1. The Morgan fingerprint density at radius 2 is 1.76 bits per heavy atom. The van der Waals surface area contributed by atoms with Gasteiger partial charge in [0.15, 0.2) is 0 Å². The van der Waals surface area contributed by atoms with Crippen LogP contribution < -0.4 is 0 Å². The molecule has 10 heteroatoms. The number of fused-ring (bicyclic) bond motifs is 4. The number of hydrogen-bond acceptors (Lipinski definition) is 10. The van der Waals surface area contributed by atoms with Crippen LogP contribution in [0, 0.1) is 11.8 Å². The summed E-state index contributed by atoms with van der Waals surface area (Å²) in [6.45, 7) is 7.66. The number of carbonyl (C=O) groups is 2. The molecule has 182 valence electrons. The van der Waals surface area contributed by atoms with Gasteiger partial charge in [-0.05, 0) is 13.0 Å². The lowest BCUT2D eigenvalue weighted by atomic mass is 9.79. The van der Waals surface area contributed by atoms with Crippen molar-refractivity contribution < 1.29 is 38.4 Å². The Bertz CT molecular complexity index is 838. The number of hydrogen-bond donors (Lipinski definition) is 1. The maximum absolute atomic E-state index is 13.1. The van der Waals surface area contributed by atoms with Gasteiger partial charge >= 0.3 is 11.9 Å². The van der Waals surface area contributed by atoms with Crippen molar-refractivity contribution >= 4 is 11.9 Å². The molecule has 0 aromatic carbocycles. The summed E-state index contributed by atoms with van der Waals surface area (Å²) in [7, 11) is 0. The lowest BCUT2D eigenvalue weighted by Crippen LogP contribution is -2.53. The van der Waals surface area contributed by atoms with Gasteiger partial charge in [-0.2, -0.15) is 0 Å². The SMILES string of the molecule is C[C@]12C[C@@H]3OC(=O)C(CN4CCOCC4)[C@H]3[C@H]3C=C(C(=O)O3)[C@H](N3CCOCC3)[C@@H](O)[C@@H]1O2. The monoisotopic (exact) mass is 464 g/mol. The Balaban J connectivity index is 1.34. The van der Waals surface area contributed by atoms with Crippen LogP contribution in [0.3, 0.4) is 0 Å². The topological polar surface area (TPSA) is 110 Å². The number of morpholine rings is 2. The van der Waals surface area contributed by atoms with E-state index in [4.69, 9.17) is 23.7 Å². The van der Waals surface area contributed by atoms with E-state index in [2.05, 4.69) is 9.80 Å². The van der Waals surface area contributed by atoms with Crippen molar-refractivity contribution in [2.45, 2.75) is 49.4 Å². The predicted octanol–water partition coefficient (Wildman–Crippen LogP) is -1.05. The van der Waals surface area contributed by atoms with E-state index in [-0.39, 0.29) is 11.9 Å². The highest BCUT2D eigenvalue weighted by Crippen LogP contribution is 2.50. The molecule has 1 aliphatic carbocycles. The minimum atomic E-state index is -0.886. The van der Waals surface area contributed by atoms with Crippen LogP contribution in [0.5, 0.6) is 0 Å². The van der Waals surface area contributed by atoms with Crippen LogP contribution in [-0.4, -0.2) is 122 Å². The van der Waals surface area contributed by atoms with Gasteiger partial charge in [0.05, 0.1) is 55.5 Å². The highest BCUT2D eigenvalue weighted by Gasteiger charge is 2.64. The maximum Gasteiger partial charge on any atom is 0.336 e. The van der Waals surface area contributed by atoms with Crippen LogP contribution in [0.15, 0.2) is 11.6 Å². The first-order valence-electron chi connectivity index (χ1n) is 12.1. The molecule has 33 heavy (non-hydrogen) atoms. The van der Waals surface area contributed by atoms with Crippen LogP contribution >= 0.6 is 0 Å². The third-order valence-electron chi connectivity index (χ3n) is 8.16. The van der Waals surface area contributed by atoms with Crippen molar-refractivity contribution in [1.29, 1.82) is 0 Å². The van der Waals surface area contributed by atoms with Gasteiger partial charge in [-0.15, -0.1) is 0 Å². The minimum Gasteiger partial charge on any atom is -0.462 e. The summed E-state index contributed by atoms with van der Waals surface area (Å²) in [5, 5.41) is 11.3. The van der Waals surface area contributed by atoms with Crippen LogP contribution in [0.2, 0.25) is 0 Å². The largest absolute Gasteiger partial charge is 0.462 e. The fraction of sp³-hybridized carbons (Fsp3) is 0.826. The Kier molecular flexibility index (Phi) is 5.51. The Morgan fingerprint density at radius 1 is 1.06 bits per heavy atom. The number of epoxide rings is 1. The first-order chi connectivity index (χ1) is 15.9. The highest BCUT2D eigenvalue weighted by molar-refractivity contribution is 5.92. The average molecular weight is 465 g/mol. The smallest absolute Gasteiger partial charge is 0.336 e. The number of nitrogens with zero attached hydrogens (tertiary/aromatic N) is 2. The molecule has 1 N–H and O–H groups in total. The summed E-state index contributed by atoms with van der Waals surface area (Å²) in [5.41, 5.74) is -0.154. The molecule has 5 heterocycles. The van der Waals surface area contributed by atoms with E-state index in [1.54, 1.807) is 0 Å². The molecule has 0 spiro atoms. The van der Waals surface area contributed by atoms with Crippen LogP contribution in [0.1, 0.15) is 13.3 Å². The van der Waals surface area contributed by atoms with Crippen LogP contribution in [-0.2, 0) is 33.3 Å². The number of esters is 2. The second-order valence-corrected chi connectivity index (χ2v) is 10.2. The fourth-order valence-electron chi connectivity index (χ4n) is 6.36. The van der Waals surface area contributed by atoms with E-state index in [1.165, 1.54) is 0 Å². The predicted molar refractivity (Wildman–Crippen MR) is 112 cm³/mol. The summed E-state index contributed by atoms with van der Waals surface area (Å²) in [6.07, 6.45) is -0.0125. The molecule has 4 saturated heterocycles. The first kappa shape index (κ1) is 21.9. The molecule has 6 rings (SSSR count). The number of ether oxygens (including phenoxy) is 5. The van der Waals surface area contributed by atoms with Gasteiger partial charge in [-0.1, -0.05) is 0 Å². The van der Waals surface area contributed by atoms with Crippen molar-refractivity contribution in [3.63, 3.8) is 0 Å². The summed E-state index contributed by atoms with van der Waals surface area (Å²) in [4.78, 5) is 30.4. The van der Waals surface area contributed by atoms with Crippen LogP contribution in [0.4, 0.5) is 0 Å². The fourth-order valence-corrected chi connectivity index (χ4v) is 6.36. The molecular weight excluding hydrogens is 432 g/mol. The Labute approximate surface area is 192 Å². The minimum absolute atomic E-state index is 0.250. The molecule has 0 aromatic heterocycles. The van der Waals surface area contributed by atoms with Gasteiger partial charge in [0.25, 0.3) is 0 Å². The average Bonchev–Trinajstić information content (AvgIpc) is 3.20. The van der Waals surface area contributed by atoms with E-state index < -0.39 is 47.9 Å². The molecular formula is C23H32N2O8. The summed E-state index contributed by atoms with van der Waals surface area (Å²) in [5.74, 6) is -1.36. The van der Waals surface area contributed by atoms with Gasteiger partial charge in [-0.3, -0.25) is 14.6 Å². The molecule has 2 bridgehead atoms. The molecule has 1 unspecified atom stereocenters. The normalized spacial score (nSPS) is 46.1. The molecule has 0 radical (unpaired) electrons. The molecule has 8 atom stereocenters. The summed E-state index contributed by atoms with van der Waals surface area (Å²) < 4.78 is 28.7. The molecule has 4 fully saturated rings. The van der Waals surface area contributed by atoms with Crippen molar-refractivity contribution in [1.82, 2.24) is 9.80 Å². The number of aliphatic hydroxyl groups excluding tert-OH is 1. The molecule has 10 nitrogen and oxygen atoms in total. The summed E-state index contributed by atoms with van der Waals surface area (Å²) in [6, 6.07) is -0.523. The van der Waals surface area contributed by atoms with Gasteiger partial charge in [0, 0.05) is 39.1 Å². The van der Waals surface area contributed by atoms with Crippen molar-refractivity contribution in [3.8, 4) is 0 Å². The van der Waals surface area contributed by atoms with E-state index >= 15 is 0 Å². The zero-order valence-corrected chi connectivity index (χ0v) is 18.9. The van der Waals surface area contributed by atoms with Crippen LogP contribution in [0.25, 0.3) is 0 Å². The van der Waals surface area contributed by atoms with E-state index in [9.17, 15) is 14.7 Å². The molecule has 5 aliphatic heterocycles. The third kappa shape index (κ3) is 3.81. The van der Waals surface area contributed by atoms with Gasteiger partial charge < -0.3 is 28.8 Å².